The van der Waals surface area contributed by atoms with Gasteiger partial charge in [0, 0.05) is 16.5 Å². The number of nitrogens with zero attached hydrogens (tertiary/aromatic N) is 1. The van der Waals surface area contributed by atoms with E-state index in [1.54, 1.807) is 24.3 Å². The van der Waals surface area contributed by atoms with E-state index in [2.05, 4.69) is 15.9 Å². The van der Waals surface area contributed by atoms with E-state index in [-0.39, 0.29) is 12.8 Å². The highest BCUT2D eigenvalue weighted by molar-refractivity contribution is 9.10. The quantitative estimate of drug-likeness (QED) is 0.843. The number of amides is 2. The van der Waals surface area contributed by atoms with E-state index in [0.717, 1.165) is 4.90 Å². The Labute approximate surface area is 112 Å². The van der Waals surface area contributed by atoms with Gasteiger partial charge in [0.15, 0.2) is 0 Å². The lowest BCUT2D eigenvalue weighted by Gasteiger charge is -2.19. The van der Waals surface area contributed by atoms with E-state index in [1.165, 1.54) is 0 Å². The van der Waals surface area contributed by atoms with Gasteiger partial charge >= 0.3 is 5.97 Å². The zero-order valence-corrected chi connectivity index (χ0v) is 10.9. The Morgan fingerprint density at radius 3 is 2.72 bits per heavy atom. The van der Waals surface area contributed by atoms with E-state index in [4.69, 9.17) is 5.11 Å². The number of carbonyl (C=O) groups excluding carboxylic acids is 2. The maximum absolute atomic E-state index is 12.1. The fraction of sp³-hybridized carbons (Fsp3) is 0.250. The number of carboxylic acids is 1. The Balaban J connectivity index is 2.32. The summed E-state index contributed by atoms with van der Waals surface area (Å²) in [4.78, 5) is 35.6. The number of halogens is 1. The second kappa shape index (κ2) is 4.89. The summed E-state index contributed by atoms with van der Waals surface area (Å²) < 4.78 is 0.701. The lowest BCUT2D eigenvalue weighted by Crippen LogP contribution is -2.42. The van der Waals surface area contributed by atoms with E-state index < -0.39 is 23.8 Å². The van der Waals surface area contributed by atoms with Gasteiger partial charge in [-0.25, -0.2) is 4.79 Å². The molecule has 1 aliphatic rings. The first-order chi connectivity index (χ1) is 8.50. The zero-order valence-electron chi connectivity index (χ0n) is 9.30. The van der Waals surface area contributed by atoms with Crippen molar-refractivity contribution >= 4 is 33.7 Å². The van der Waals surface area contributed by atoms with Crippen LogP contribution in [-0.4, -0.2) is 33.8 Å². The van der Waals surface area contributed by atoms with Gasteiger partial charge in [0.25, 0.3) is 5.91 Å². The van der Waals surface area contributed by atoms with E-state index >= 15 is 0 Å². The molecule has 5 nitrogen and oxygen atoms in total. The highest BCUT2D eigenvalue weighted by Crippen LogP contribution is 2.22. The molecule has 1 aliphatic heterocycles. The number of hydrogen-bond acceptors (Lipinski definition) is 3. The monoisotopic (exact) mass is 311 g/mol. The number of rotatable bonds is 2. The fourth-order valence-electron chi connectivity index (χ4n) is 1.93. The van der Waals surface area contributed by atoms with Gasteiger partial charge < -0.3 is 5.11 Å². The van der Waals surface area contributed by atoms with Gasteiger partial charge in [-0.15, -0.1) is 0 Å². The van der Waals surface area contributed by atoms with Crippen LogP contribution in [0.4, 0.5) is 0 Å². The van der Waals surface area contributed by atoms with Crippen LogP contribution in [0.1, 0.15) is 23.2 Å². The van der Waals surface area contributed by atoms with Crippen LogP contribution < -0.4 is 0 Å². The van der Waals surface area contributed by atoms with Crippen LogP contribution in [0.25, 0.3) is 0 Å². The van der Waals surface area contributed by atoms with Gasteiger partial charge in [0.1, 0.15) is 6.04 Å². The molecule has 2 amide bonds. The van der Waals surface area contributed by atoms with Crippen LogP contribution >= 0.6 is 15.9 Å². The molecule has 1 aromatic rings. The standard InChI is InChI=1S/C12H10BrNO4/c13-8-3-1-2-7(6-8)11(16)14-9(12(17)18)4-5-10(14)15/h1-3,6,9H,4-5H2,(H,17,18). The largest absolute Gasteiger partial charge is 0.480 e. The van der Waals surface area contributed by atoms with Crippen molar-refractivity contribution in [2.24, 2.45) is 0 Å². The molecule has 94 valence electrons. The van der Waals surface area contributed by atoms with Crippen molar-refractivity contribution in [3.63, 3.8) is 0 Å². The van der Waals surface area contributed by atoms with Gasteiger partial charge in [-0.1, -0.05) is 22.0 Å². The summed E-state index contributed by atoms with van der Waals surface area (Å²) in [6.07, 6.45) is 0.268. The van der Waals surface area contributed by atoms with Gasteiger partial charge in [0.05, 0.1) is 0 Å². The summed E-state index contributed by atoms with van der Waals surface area (Å²) in [6, 6.07) is 5.47. The number of carbonyl (C=O) groups is 3. The first kappa shape index (κ1) is 12.8. The summed E-state index contributed by atoms with van der Waals surface area (Å²) in [5.41, 5.74) is 0.297. The predicted octanol–water partition coefficient (Wildman–Crippen LogP) is 1.66. The molecule has 1 N–H and O–H groups in total. The molecule has 1 atom stereocenters. The molecular formula is C12H10BrNO4. The molecule has 2 rings (SSSR count). The molecule has 0 bridgehead atoms. The Hall–Kier alpha value is -1.69. The Kier molecular flexibility index (Phi) is 3.47. The van der Waals surface area contributed by atoms with Crippen molar-refractivity contribution in [2.75, 3.05) is 0 Å². The number of imide groups is 1. The highest BCUT2D eigenvalue weighted by Gasteiger charge is 2.40. The van der Waals surface area contributed by atoms with Crippen molar-refractivity contribution in [1.29, 1.82) is 0 Å². The molecule has 1 aromatic carbocycles. The number of hydrogen-bond donors (Lipinski definition) is 1. The lowest BCUT2D eigenvalue weighted by atomic mass is 10.1. The second-order valence-corrected chi connectivity index (χ2v) is 4.89. The third-order valence-electron chi connectivity index (χ3n) is 2.79. The van der Waals surface area contributed by atoms with Gasteiger partial charge in [-0.2, -0.15) is 0 Å². The first-order valence-electron chi connectivity index (χ1n) is 5.35. The van der Waals surface area contributed by atoms with Crippen LogP contribution in [0.15, 0.2) is 28.7 Å². The average Bonchev–Trinajstić information content (AvgIpc) is 2.70. The molecule has 0 radical (unpaired) electrons. The van der Waals surface area contributed by atoms with Crippen LogP contribution in [0, 0.1) is 0 Å². The van der Waals surface area contributed by atoms with Crippen molar-refractivity contribution < 1.29 is 19.5 Å². The van der Waals surface area contributed by atoms with Crippen molar-refractivity contribution in [1.82, 2.24) is 4.90 Å². The third-order valence-corrected chi connectivity index (χ3v) is 3.28. The highest BCUT2D eigenvalue weighted by atomic mass is 79.9. The minimum absolute atomic E-state index is 0.0940. The Bertz CT molecular complexity index is 529. The maximum Gasteiger partial charge on any atom is 0.326 e. The lowest BCUT2D eigenvalue weighted by molar-refractivity contribution is -0.144. The molecular weight excluding hydrogens is 302 g/mol. The average molecular weight is 312 g/mol. The molecule has 0 spiro atoms. The van der Waals surface area contributed by atoms with Gasteiger partial charge in [-0.05, 0) is 24.6 Å². The molecule has 0 aromatic heterocycles. The van der Waals surface area contributed by atoms with Crippen molar-refractivity contribution in [2.45, 2.75) is 18.9 Å². The topological polar surface area (TPSA) is 74.7 Å². The minimum Gasteiger partial charge on any atom is -0.480 e. The molecule has 6 heteroatoms. The SMILES string of the molecule is O=C(O)C1CCC(=O)N1C(=O)c1cccc(Br)c1. The van der Waals surface area contributed by atoms with Gasteiger partial charge in [0.2, 0.25) is 5.91 Å². The number of benzene rings is 1. The molecule has 0 aliphatic carbocycles. The Morgan fingerprint density at radius 2 is 2.11 bits per heavy atom. The van der Waals surface area contributed by atoms with Crippen molar-refractivity contribution in [3.8, 4) is 0 Å². The molecule has 0 saturated carbocycles. The molecule has 1 fully saturated rings. The first-order valence-corrected chi connectivity index (χ1v) is 6.15. The van der Waals surface area contributed by atoms with E-state index in [1.807, 2.05) is 0 Å². The summed E-state index contributed by atoms with van der Waals surface area (Å²) in [5.74, 6) is -2.15. The van der Waals surface area contributed by atoms with E-state index in [9.17, 15) is 14.4 Å². The summed E-state index contributed by atoms with van der Waals surface area (Å²) >= 11 is 3.23. The normalized spacial score (nSPS) is 19.1. The molecule has 1 unspecified atom stereocenters. The zero-order chi connectivity index (χ0) is 13.3. The number of carboxylic acid groups (broad SMARTS) is 1. The smallest absolute Gasteiger partial charge is 0.326 e. The third kappa shape index (κ3) is 2.28. The summed E-state index contributed by atoms with van der Waals surface area (Å²) in [5, 5.41) is 9.00. The minimum atomic E-state index is -1.15. The fourth-order valence-corrected chi connectivity index (χ4v) is 2.33. The maximum atomic E-state index is 12.1. The van der Waals surface area contributed by atoms with Crippen LogP contribution in [-0.2, 0) is 9.59 Å². The number of likely N-dealkylation sites (tertiary alicyclic amines) is 1. The summed E-state index contributed by atoms with van der Waals surface area (Å²) in [6.45, 7) is 0. The van der Waals surface area contributed by atoms with E-state index in [0.29, 0.717) is 10.0 Å². The van der Waals surface area contributed by atoms with Crippen LogP contribution in [0.5, 0.6) is 0 Å². The second-order valence-electron chi connectivity index (χ2n) is 3.97. The Morgan fingerprint density at radius 1 is 1.39 bits per heavy atom. The van der Waals surface area contributed by atoms with Gasteiger partial charge in [-0.3, -0.25) is 14.5 Å². The van der Waals surface area contributed by atoms with Crippen LogP contribution in [0.3, 0.4) is 0 Å². The van der Waals surface area contributed by atoms with Crippen LogP contribution in [0.2, 0.25) is 0 Å². The molecule has 1 saturated heterocycles. The predicted molar refractivity (Wildman–Crippen MR) is 66.0 cm³/mol. The molecule has 1 heterocycles. The summed E-state index contributed by atoms with van der Waals surface area (Å²) in [7, 11) is 0. The van der Waals surface area contributed by atoms with Crippen molar-refractivity contribution in [3.05, 3.63) is 34.3 Å². The molecule has 18 heavy (non-hydrogen) atoms. The number of aliphatic carboxylic acids is 1.